The first-order valence-corrected chi connectivity index (χ1v) is 4.55. The molecule has 0 fully saturated rings. The molecule has 0 radical (unpaired) electrons. The Kier molecular flexibility index (Phi) is 2.53. The van der Waals surface area contributed by atoms with Gasteiger partial charge in [0.25, 0.3) is 0 Å². The van der Waals surface area contributed by atoms with E-state index < -0.39 is 0 Å². The van der Waals surface area contributed by atoms with Crippen LogP contribution >= 0.6 is 0 Å². The molecule has 0 aromatic carbocycles. The Labute approximate surface area is 70.0 Å². The Morgan fingerprint density at radius 3 is 2.55 bits per heavy atom. The van der Waals surface area contributed by atoms with E-state index in [2.05, 4.69) is 27.4 Å². The molecule has 0 nitrogen and oxygen atoms in total. The number of unbranched alkanes of at least 4 members (excludes halogenated alkanes) is 1. The van der Waals surface area contributed by atoms with Crippen molar-refractivity contribution >= 4 is 0 Å². The van der Waals surface area contributed by atoms with Crippen LogP contribution in [0.2, 0.25) is 0 Å². The molecular formula is C11H18. The summed E-state index contributed by atoms with van der Waals surface area (Å²) in [7, 11) is 0. The van der Waals surface area contributed by atoms with Crippen LogP contribution in [-0.4, -0.2) is 0 Å². The Bertz CT molecular complexity index is 196. The quantitative estimate of drug-likeness (QED) is 0.573. The van der Waals surface area contributed by atoms with Crippen LogP contribution in [0.15, 0.2) is 23.3 Å². The monoisotopic (exact) mass is 150 g/mol. The van der Waals surface area contributed by atoms with Gasteiger partial charge in [-0.15, -0.1) is 0 Å². The first-order valence-electron chi connectivity index (χ1n) is 4.55. The third-order valence-corrected chi connectivity index (χ3v) is 2.52. The topological polar surface area (TPSA) is 0 Å². The van der Waals surface area contributed by atoms with E-state index >= 15 is 0 Å². The third kappa shape index (κ3) is 1.74. The van der Waals surface area contributed by atoms with Gasteiger partial charge >= 0.3 is 0 Å². The number of hydrogen-bond donors (Lipinski definition) is 0. The lowest BCUT2D eigenvalue weighted by atomic mass is 10.1. The van der Waals surface area contributed by atoms with E-state index in [-0.39, 0.29) is 0 Å². The minimum Gasteiger partial charge on any atom is -0.0958 e. The number of hydrogen-bond acceptors (Lipinski definition) is 0. The predicted molar refractivity (Wildman–Crippen MR) is 50.5 cm³/mol. The highest BCUT2D eigenvalue weighted by atomic mass is 14.4. The molecule has 0 aromatic heterocycles. The highest BCUT2D eigenvalue weighted by Crippen LogP contribution is 2.46. The molecule has 1 rings (SSSR count). The van der Waals surface area contributed by atoms with Crippen LogP contribution in [0, 0.1) is 5.92 Å². The second-order valence-electron chi connectivity index (χ2n) is 3.57. The summed E-state index contributed by atoms with van der Waals surface area (Å²) in [6, 6.07) is 0. The van der Waals surface area contributed by atoms with Crippen molar-refractivity contribution in [1.82, 2.24) is 0 Å². The van der Waals surface area contributed by atoms with Crippen LogP contribution in [0.5, 0.6) is 0 Å². The van der Waals surface area contributed by atoms with Crippen molar-refractivity contribution < 1.29 is 0 Å². The molecule has 0 saturated heterocycles. The molecule has 1 aliphatic rings. The summed E-state index contributed by atoms with van der Waals surface area (Å²) in [5.74, 6) is 0.812. The average molecular weight is 150 g/mol. The Hall–Kier alpha value is -0.520. The van der Waals surface area contributed by atoms with Crippen molar-refractivity contribution in [3.63, 3.8) is 0 Å². The fraction of sp³-hybridized carbons (Fsp3) is 0.636. The standard InChI is InChI=1S/C11H18/c1-5-6-7-10-9(4)11(10)8(2)3/h10H,2,5-7H2,1,3-4H3. The van der Waals surface area contributed by atoms with E-state index in [0.717, 1.165) is 5.92 Å². The Morgan fingerprint density at radius 1 is 1.55 bits per heavy atom. The first-order chi connectivity index (χ1) is 5.18. The lowest BCUT2D eigenvalue weighted by molar-refractivity contribution is 0.666. The molecule has 0 saturated carbocycles. The van der Waals surface area contributed by atoms with Crippen molar-refractivity contribution in [2.75, 3.05) is 0 Å². The van der Waals surface area contributed by atoms with E-state index in [1.165, 1.54) is 24.8 Å². The molecular weight excluding hydrogens is 132 g/mol. The lowest BCUT2D eigenvalue weighted by Crippen LogP contribution is -1.83. The number of rotatable bonds is 4. The Morgan fingerprint density at radius 2 is 2.18 bits per heavy atom. The van der Waals surface area contributed by atoms with Gasteiger partial charge in [0.05, 0.1) is 0 Å². The van der Waals surface area contributed by atoms with E-state index in [0.29, 0.717) is 0 Å². The van der Waals surface area contributed by atoms with Gasteiger partial charge in [0.1, 0.15) is 0 Å². The van der Waals surface area contributed by atoms with Crippen LogP contribution in [0.1, 0.15) is 40.0 Å². The normalized spacial score (nSPS) is 22.3. The maximum atomic E-state index is 3.97. The molecule has 0 heteroatoms. The molecule has 1 unspecified atom stereocenters. The highest BCUT2D eigenvalue weighted by molar-refractivity contribution is 5.51. The summed E-state index contributed by atoms with van der Waals surface area (Å²) < 4.78 is 0. The average Bonchev–Trinajstić information content (AvgIpc) is 2.57. The fourth-order valence-electron chi connectivity index (χ4n) is 1.80. The highest BCUT2D eigenvalue weighted by Gasteiger charge is 2.31. The summed E-state index contributed by atoms with van der Waals surface area (Å²) in [4.78, 5) is 0. The second-order valence-corrected chi connectivity index (χ2v) is 3.57. The minimum absolute atomic E-state index is 0.812. The molecule has 11 heavy (non-hydrogen) atoms. The second kappa shape index (κ2) is 3.25. The minimum atomic E-state index is 0.812. The van der Waals surface area contributed by atoms with Gasteiger partial charge in [0.15, 0.2) is 0 Å². The smallest absolute Gasteiger partial charge is 0.00536 e. The molecule has 0 heterocycles. The summed E-state index contributed by atoms with van der Waals surface area (Å²) in [6.45, 7) is 10.6. The summed E-state index contributed by atoms with van der Waals surface area (Å²) in [6.07, 6.45) is 4.02. The lowest BCUT2D eigenvalue weighted by Gasteiger charge is -1.97. The molecule has 0 amide bonds. The maximum Gasteiger partial charge on any atom is 0.00536 e. The summed E-state index contributed by atoms with van der Waals surface area (Å²) in [5.41, 5.74) is 4.42. The predicted octanol–water partition coefficient (Wildman–Crippen LogP) is 3.70. The van der Waals surface area contributed by atoms with Gasteiger partial charge in [-0.25, -0.2) is 0 Å². The van der Waals surface area contributed by atoms with Crippen LogP contribution in [0.25, 0.3) is 0 Å². The molecule has 62 valence electrons. The van der Waals surface area contributed by atoms with E-state index in [1.807, 2.05) is 0 Å². The van der Waals surface area contributed by atoms with Gasteiger partial charge in [0.2, 0.25) is 0 Å². The molecule has 0 aromatic rings. The van der Waals surface area contributed by atoms with Gasteiger partial charge in [-0.2, -0.15) is 0 Å². The van der Waals surface area contributed by atoms with Crippen LogP contribution in [-0.2, 0) is 0 Å². The van der Waals surface area contributed by atoms with Crippen molar-refractivity contribution in [2.45, 2.75) is 40.0 Å². The maximum absolute atomic E-state index is 3.97. The summed E-state index contributed by atoms with van der Waals surface area (Å²) in [5, 5.41) is 0. The van der Waals surface area contributed by atoms with Gasteiger partial charge in [-0.1, -0.05) is 37.5 Å². The van der Waals surface area contributed by atoms with Gasteiger partial charge in [-0.3, -0.25) is 0 Å². The van der Waals surface area contributed by atoms with Crippen LogP contribution < -0.4 is 0 Å². The van der Waals surface area contributed by atoms with E-state index in [9.17, 15) is 0 Å². The van der Waals surface area contributed by atoms with Crippen molar-refractivity contribution in [1.29, 1.82) is 0 Å². The van der Waals surface area contributed by atoms with Crippen molar-refractivity contribution in [3.8, 4) is 0 Å². The number of allylic oxidation sites excluding steroid dienone is 3. The SMILES string of the molecule is C=C(C)C1=C(C)C1CCCC. The van der Waals surface area contributed by atoms with Gasteiger partial charge < -0.3 is 0 Å². The Balaban J connectivity index is 2.31. The molecule has 1 aliphatic carbocycles. The zero-order valence-electron chi connectivity index (χ0n) is 7.91. The van der Waals surface area contributed by atoms with Crippen molar-refractivity contribution in [3.05, 3.63) is 23.3 Å². The first kappa shape index (κ1) is 8.58. The van der Waals surface area contributed by atoms with E-state index in [4.69, 9.17) is 0 Å². The molecule has 0 bridgehead atoms. The van der Waals surface area contributed by atoms with Crippen LogP contribution in [0.4, 0.5) is 0 Å². The summed E-state index contributed by atoms with van der Waals surface area (Å²) >= 11 is 0. The van der Waals surface area contributed by atoms with Crippen LogP contribution in [0.3, 0.4) is 0 Å². The third-order valence-electron chi connectivity index (χ3n) is 2.52. The fourth-order valence-corrected chi connectivity index (χ4v) is 1.80. The zero-order valence-corrected chi connectivity index (χ0v) is 7.91. The molecule has 0 spiro atoms. The molecule has 0 aliphatic heterocycles. The van der Waals surface area contributed by atoms with Gasteiger partial charge in [0, 0.05) is 5.92 Å². The molecule has 1 atom stereocenters. The van der Waals surface area contributed by atoms with E-state index in [1.54, 1.807) is 11.1 Å². The zero-order chi connectivity index (χ0) is 8.43. The van der Waals surface area contributed by atoms with Gasteiger partial charge in [-0.05, 0) is 25.8 Å². The largest absolute Gasteiger partial charge is 0.0958 e. The van der Waals surface area contributed by atoms with Crippen molar-refractivity contribution in [2.24, 2.45) is 5.92 Å². The molecule has 0 N–H and O–H groups in total.